The highest BCUT2D eigenvalue weighted by molar-refractivity contribution is 5.97. The molecule has 1 aromatic heterocycles. The number of nitrogens with two attached hydrogens (primary N) is 1. The van der Waals surface area contributed by atoms with Gasteiger partial charge in [-0.15, -0.1) is 0 Å². The molecule has 1 heterocycles. The van der Waals surface area contributed by atoms with E-state index in [4.69, 9.17) is 5.73 Å². The zero-order valence-corrected chi connectivity index (χ0v) is 19.6. The number of hydrogen-bond acceptors (Lipinski definition) is 4. The summed E-state index contributed by atoms with van der Waals surface area (Å²) in [6, 6.07) is 0. The summed E-state index contributed by atoms with van der Waals surface area (Å²) in [5, 5.41) is 0. The number of nitrogens with one attached hydrogen (secondary N) is 1. The lowest BCUT2D eigenvalue weighted by Gasteiger charge is -2.38. The first-order valence-corrected chi connectivity index (χ1v) is 11.4. The highest BCUT2D eigenvalue weighted by Gasteiger charge is 2.36. The number of nitrogens with zero attached hydrogens (tertiary/aromatic N) is 2. The average Bonchev–Trinajstić information content (AvgIpc) is 2.65. The average molecular weight is 421 g/mol. The molecule has 1 amide bonds. The van der Waals surface area contributed by atoms with Crippen LogP contribution in [0.4, 0.5) is 11.5 Å². The van der Waals surface area contributed by atoms with Gasteiger partial charge in [-0.2, -0.15) is 0 Å². The summed E-state index contributed by atoms with van der Waals surface area (Å²) in [7, 11) is 0. The van der Waals surface area contributed by atoms with E-state index in [1.165, 1.54) is 4.57 Å². The molecule has 0 unspecified atom stereocenters. The largest absolute Gasteiger partial charge is 0.383 e. The van der Waals surface area contributed by atoms with Crippen LogP contribution in [0.1, 0.15) is 80.1 Å². The predicted octanol–water partition coefficient (Wildman–Crippen LogP) is 3.76. The van der Waals surface area contributed by atoms with E-state index in [1.807, 2.05) is 20.8 Å². The van der Waals surface area contributed by atoms with Gasteiger partial charge in [-0.1, -0.05) is 48.0 Å². The van der Waals surface area contributed by atoms with Crippen LogP contribution in [0, 0.1) is 23.2 Å². The fraction of sp³-hybridized carbons (Fsp3) is 0.783. The lowest BCUT2D eigenvalue weighted by atomic mass is 9.69. The monoisotopic (exact) mass is 420 g/mol. The molecule has 0 bridgehead atoms. The van der Waals surface area contributed by atoms with E-state index in [1.54, 1.807) is 4.90 Å². The summed E-state index contributed by atoms with van der Waals surface area (Å²) < 4.78 is 1.39. The number of anilines is 2. The Hall–Kier alpha value is -2.05. The van der Waals surface area contributed by atoms with Crippen molar-refractivity contribution in [2.45, 2.75) is 86.6 Å². The lowest BCUT2D eigenvalue weighted by molar-refractivity contribution is -0.124. The van der Waals surface area contributed by atoms with Gasteiger partial charge in [0.15, 0.2) is 5.69 Å². The van der Waals surface area contributed by atoms with Gasteiger partial charge in [0, 0.05) is 19.0 Å². The Bertz CT molecular complexity index is 839. The van der Waals surface area contributed by atoms with Crippen LogP contribution in [0.25, 0.3) is 0 Å². The molecule has 7 nitrogen and oxygen atoms in total. The Balaban J connectivity index is 2.38. The third kappa shape index (κ3) is 5.55. The van der Waals surface area contributed by atoms with Crippen molar-refractivity contribution in [3.05, 3.63) is 20.8 Å². The number of H-pyrrole nitrogens is 1. The fourth-order valence-corrected chi connectivity index (χ4v) is 4.46. The summed E-state index contributed by atoms with van der Waals surface area (Å²) in [4.78, 5) is 42.5. The number of rotatable bonds is 7. The molecule has 1 aromatic rings. The van der Waals surface area contributed by atoms with Crippen molar-refractivity contribution < 1.29 is 4.79 Å². The van der Waals surface area contributed by atoms with E-state index in [0.29, 0.717) is 19.0 Å². The van der Waals surface area contributed by atoms with Gasteiger partial charge < -0.3 is 10.6 Å². The molecular formula is C23H40N4O3. The van der Waals surface area contributed by atoms with Crippen LogP contribution in [0.15, 0.2) is 9.59 Å². The topological polar surface area (TPSA) is 101 Å². The van der Waals surface area contributed by atoms with Gasteiger partial charge in [0.05, 0.1) is 0 Å². The first kappa shape index (κ1) is 24.2. The predicted molar refractivity (Wildman–Crippen MR) is 123 cm³/mol. The number of carbonyl (C=O) groups excluding carboxylic acids is 1. The van der Waals surface area contributed by atoms with Crippen molar-refractivity contribution in [2.24, 2.45) is 23.2 Å². The Morgan fingerprint density at radius 1 is 1.20 bits per heavy atom. The number of unbranched alkanes of at least 4 members (excludes halogenated alkanes) is 1. The molecule has 7 heteroatoms. The molecule has 3 N–H and O–H groups in total. The SMILES string of the molecule is CCCCn1c(N)c(N(CC(C)C)C(=O)C2CCC(C(C)(C)C)CC2)c(=O)[nH]c1=O. The molecule has 30 heavy (non-hydrogen) atoms. The van der Waals surface area contributed by atoms with Gasteiger partial charge in [-0.25, -0.2) is 4.79 Å². The quantitative estimate of drug-likeness (QED) is 0.701. The third-order valence-electron chi connectivity index (χ3n) is 6.33. The lowest BCUT2D eigenvalue weighted by Crippen LogP contribution is -2.45. The highest BCUT2D eigenvalue weighted by atomic mass is 16.2. The van der Waals surface area contributed by atoms with Crippen molar-refractivity contribution in [2.75, 3.05) is 17.2 Å². The molecule has 1 aliphatic carbocycles. The molecule has 0 aliphatic heterocycles. The first-order valence-electron chi connectivity index (χ1n) is 11.4. The normalized spacial score (nSPS) is 19.8. The van der Waals surface area contributed by atoms with Crippen LogP contribution in [0.5, 0.6) is 0 Å². The van der Waals surface area contributed by atoms with E-state index in [9.17, 15) is 14.4 Å². The van der Waals surface area contributed by atoms with E-state index < -0.39 is 11.2 Å². The standard InChI is InChI=1S/C23H40N4O3/c1-7-8-13-26-19(24)18(20(28)25-22(26)30)27(14-15(2)3)21(29)16-9-11-17(12-10-16)23(4,5)6/h15-17H,7-14,24H2,1-6H3,(H,25,28,30). The second kappa shape index (κ2) is 9.84. The minimum Gasteiger partial charge on any atom is -0.383 e. The van der Waals surface area contributed by atoms with Crippen LogP contribution < -0.4 is 21.9 Å². The van der Waals surface area contributed by atoms with E-state index in [2.05, 4.69) is 25.8 Å². The number of nitrogen functional groups attached to an aromatic ring is 1. The zero-order chi connectivity index (χ0) is 22.6. The molecule has 2 rings (SSSR count). The van der Waals surface area contributed by atoms with Gasteiger partial charge in [0.2, 0.25) is 5.91 Å². The molecule has 1 saturated carbocycles. The summed E-state index contributed by atoms with van der Waals surface area (Å²) in [5.41, 5.74) is 5.57. The fourth-order valence-electron chi connectivity index (χ4n) is 4.46. The molecule has 1 fully saturated rings. The maximum Gasteiger partial charge on any atom is 0.330 e. The van der Waals surface area contributed by atoms with Crippen LogP contribution in [-0.2, 0) is 11.3 Å². The molecule has 0 radical (unpaired) electrons. The Kier molecular flexibility index (Phi) is 7.94. The van der Waals surface area contributed by atoms with Crippen LogP contribution in [-0.4, -0.2) is 22.0 Å². The van der Waals surface area contributed by atoms with E-state index >= 15 is 0 Å². The Morgan fingerprint density at radius 2 is 1.80 bits per heavy atom. The van der Waals surface area contributed by atoms with Gasteiger partial charge in [0.1, 0.15) is 5.82 Å². The van der Waals surface area contributed by atoms with Crippen LogP contribution in [0.3, 0.4) is 0 Å². The minimum atomic E-state index is -0.581. The van der Waals surface area contributed by atoms with Crippen molar-refractivity contribution in [1.82, 2.24) is 9.55 Å². The minimum absolute atomic E-state index is 0.0473. The molecular weight excluding hydrogens is 380 g/mol. The van der Waals surface area contributed by atoms with E-state index in [0.717, 1.165) is 38.5 Å². The molecule has 170 valence electrons. The van der Waals surface area contributed by atoms with Crippen molar-refractivity contribution in [1.29, 1.82) is 0 Å². The molecule has 0 saturated heterocycles. The van der Waals surface area contributed by atoms with Crippen molar-refractivity contribution in [3.8, 4) is 0 Å². The number of aromatic amines is 1. The van der Waals surface area contributed by atoms with Gasteiger partial charge in [-0.3, -0.25) is 19.1 Å². The smallest absolute Gasteiger partial charge is 0.330 e. The Morgan fingerprint density at radius 3 is 2.30 bits per heavy atom. The molecule has 0 atom stereocenters. The maximum atomic E-state index is 13.5. The van der Waals surface area contributed by atoms with Crippen molar-refractivity contribution >= 4 is 17.4 Å². The number of amides is 1. The van der Waals surface area contributed by atoms with E-state index in [-0.39, 0.29) is 34.7 Å². The van der Waals surface area contributed by atoms with Crippen LogP contribution in [0.2, 0.25) is 0 Å². The van der Waals surface area contributed by atoms with Gasteiger partial charge in [-0.05, 0) is 49.4 Å². The van der Waals surface area contributed by atoms with Gasteiger partial charge in [0.25, 0.3) is 5.56 Å². The molecule has 0 aromatic carbocycles. The van der Waals surface area contributed by atoms with Gasteiger partial charge >= 0.3 is 5.69 Å². The third-order valence-corrected chi connectivity index (χ3v) is 6.33. The maximum absolute atomic E-state index is 13.5. The summed E-state index contributed by atoms with van der Waals surface area (Å²) in [6.07, 6.45) is 5.33. The highest BCUT2D eigenvalue weighted by Crippen LogP contribution is 2.40. The Labute approximate surface area is 180 Å². The molecule has 0 spiro atoms. The second-order valence-corrected chi connectivity index (χ2v) is 10.3. The summed E-state index contributed by atoms with van der Waals surface area (Å²) >= 11 is 0. The number of hydrogen-bond donors (Lipinski definition) is 2. The number of carbonyl (C=O) groups is 1. The van der Waals surface area contributed by atoms with Crippen LogP contribution >= 0.6 is 0 Å². The first-order chi connectivity index (χ1) is 14.0. The zero-order valence-electron chi connectivity index (χ0n) is 19.6. The molecule has 1 aliphatic rings. The second-order valence-electron chi connectivity index (χ2n) is 10.3. The summed E-state index contributed by atoms with van der Waals surface area (Å²) in [5.74, 6) is 0.694. The van der Waals surface area contributed by atoms with Crippen molar-refractivity contribution in [3.63, 3.8) is 0 Å². The number of aromatic nitrogens is 2. The summed E-state index contributed by atoms with van der Waals surface area (Å²) in [6.45, 7) is 13.6.